The van der Waals surface area contributed by atoms with Crippen molar-refractivity contribution in [2.45, 2.75) is 26.0 Å². The van der Waals surface area contributed by atoms with Crippen molar-refractivity contribution in [3.8, 4) is 5.75 Å². The van der Waals surface area contributed by atoms with Crippen molar-refractivity contribution >= 4 is 18.3 Å². The Balaban J connectivity index is 0.00000264. The van der Waals surface area contributed by atoms with Crippen LogP contribution in [0.5, 0.6) is 5.75 Å². The largest absolute Gasteiger partial charge is 0.489 e. The van der Waals surface area contributed by atoms with E-state index in [1.165, 1.54) is 0 Å². The van der Waals surface area contributed by atoms with Crippen LogP contribution in [0.1, 0.15) is 29.8 Å². The molecule has 1 amide bonds. The van der Waals surface area contributed by atoms with E-state index in [1.54, 1.807) is 24.3 Å². The molecule has 0 fully saturated rings. The summed E-state index contributed by atoms with van der Waals surface area (Å²) in [5.74, 6) is 0.601. The Hall–Kier alpha value is -2.04. The smallest absolute Gasteiger partial charge is 0.251 e. The van der Waals surface area contributed by atoms with Crippen molar-refractivity contribution in [2.75, 3.05) is 6.54 Å². The van der Waals surface area contributed by atoms with Gasteiger partial charge in [-0.05, 0) is 43.7 Å². The van der Waals surface area contributed by atoms with Gasteiger partial charge in [-0.25, -0.2) is 0 Å². The first-order chi connectivity index (χ1) is 10.5. The summed E-state index contributed by atoms with van der Waals surface area (Å²) < 4.78 is 5.70. The van der Waals surface area contributed by atoms with Crippen molar-refractivity contribution in [1.82, 2.24) is 5.32 Å². The average Bonchev–Trinajstić information content (AvgIpc) is 2.54. The molecule has 0 saturated carbocycles. The van der Waals surface area contributed by atoms with Gasteiger partial charge in [0, 0.05) is 17.6 Å². The maximum Gasteiger partial charge on any atom is 0.251 e. The third kappa shape index (κ3) is 5.93. The van der Waals surface area contributed by atoms with E-state index in [-0.39, 0.29) is 18.3 Å². The van der Waals surface area contributed by atoms with E-state index >= 15 is 0 Å². The van der Waals surface area contributed by atoms with Gasteiger partial charge < -0.3 is 15.8 Å². The molecule has 5 heteroatoms. The molecule has 0 radical (unpaired) electrons. The number of halogens is 1. The second-order valence-electron chi connectivity index (χ2n) is 5.84. The van der Waals surface area contributed by atoms with Crippen LogP contribution >= 0.6 is 12.4 Å². The van der Waals surface area contributed by atoms with E-state index < -0.39 is 5.54 Å². The summed E-state index contributed by atoms with van der Waals surface area (Å²) in [6.07, 6.45) is 0. The zero-order valence-electron chi connectivity index (χ0n) is 13.4. The molecule has 0 aliphatic carbocycles. The van der Waals surface area contributed by atoms with E-state index in [1.807, 2.05) is 44.2 Å². The lowest BCUT2D eigenvalue weighted by molar-refractivity contribution is 0.0915. The molecule has 0 aliphatic rings. The molecule has 0 bridgehead atoms. The van der Waals surface area contributed by atoms with Crippen LogP contribution in [0.4, 0.5) is 0 Å². The van der Waals surface area contributed by atoms with Crippen LogP contribution in [-0.4, -0.2) is 18.0 Å². The van der Waals surface area contributed by atoms with Crippen molar-refractivity contribution < 1.29 is 9.53 Å². The van der Waals surface area contributed by atoms with Crippen LogP contribution < -0.4 is 15.8 Å². The molecule has 2 aromatic rings. The Labute approximate surface area is 143 Å². The quantitative estimate of drug-likeness (QED) is 0.853. The Morgan fingerprint density at radius 2 is 1.70 bits per heavy atom. The first-order valence-electron chi connectivity index (χ1n) is 7.29. The summed E-state index contributed by atoms with van der Waals surface area (Å²) in [6, 6.07) is 17.1. The fourth-order valence-corrected chi connectivity index (χ4v) is 1.87. The number of carbonyl (C=O) groups excluding carboxylic acids is 1. The third-order valence-corrected chi connectivity index (χ3v) is 3.33. The summed E-state index contributed by atoms with van der Waals surface area (Å²) in [7, 11) is 0. The normalized spacial score (nSPS) is 10.6. The molecule has 0 aliphatic heterocycles. The van der Waals surface area contributed by atoms with Crippen LogP contribution in [0.2, 0.25) is 0 Å². The highest BCUT2D eigenvalue weighted by atomic mass is 35.5. The van der Waals surface area contributed by atoms with Crippen LogP contribution in [0.15, 0.2) is 54.6 Å². The predicted octanol–water partition coefficient (Wildman–Crippen LogP) is 3.15. The van der Waals surface area contributed by atoms with Gasteiger partial charge in [0.25, 0.3) is 5.91 Å². The summed E-state index contributed by atoms with van der Waals surface area (Å²) in [5.41, 5.74) is 6.90. The van der Waals surface area contributed by atoms with Gasteiger partial charge >= 0.3 is 0 Å². The Morgan fingerprint density at radius 1 is 1.09 bits per heavy atom. The number of hydrogen-bond donors (Lipinski definition) is 2. The van der Waals surface area contributed by atoms with Gasteiger partial charge in [0.1, 0.15) is 12.4 Å². The summed E-state index contributed by atoms with van der Waals surface area (Å²) in [4.78, 5) is 12.1. The minimum absolute atomic E-state index is 0. The summed E-state index contributed by atoms with van der Waals surface area (Å²) >= 11 is 0. The number of hydrogen-bond acceptors (Lipinski definition) is 3. The molecule has 0 unspecified atom stereocenters. The topological polar surface area (TPSA) is 64.3 Å². The van der Waals surface area contributed by atoms with Gasteiger partial charge in [0.15, 0.2) is 0 Å². The lowest BCUT2D eigenvalue weighted by Gasteiger charge is -2.24. The Bertz CT molecular complexity index is 613. The average molecular weight is 335 g/mol. The molecule has 2 rings (SSSR count). The summed E-state index contributed by atoms with van der Waals surface area (Å²) in [6.45, 7) is 4.67. The van der Waals surface area contributed by atoms with Crippen molar-refractivity contribution in [1.29, 1.82) is 0 Å². The highest BCUT2D eigenvalue weighted by Gasteiger charge is 2.19. The second-order valence-corrected chi connectivity index (χ2v) is 5.84. The third-order valence-electron chi connectivity index (χ3n) is 3.33. The van der Waals surface area contributed by atoms with Gasteiger partial charge in [0.2, 0.25) is 0 Å². The van der Waals surface area contributed by atoms with Crippen LogP contribution in [0.25, 0.3) is 0 Å². The van der Waals surface area contributed by atoms with Crippen LogP contribution in [-0.2, 0) is 6.61 Å². The van der Waals surface area contributed by atoms with Gasteiger partial charge in [-0.2, -0.15) is 0 Å². The maximum absolute atomic E-state index is 12.1. The molecule has 0 heterocycles. The fourth-order valence-electron chi connectivity index (χ4n) is 1.87. The highest BCUT2D eigenvalue weighted by Crippen LogP contribution is 2.15. The van der Waals surface area contributed by atoms with Crippen molar-refractivity contribution in [3.05, 3.63) is 65.7 Å². The van der Waals surface area contributed by atoms with Crippen molar-refractivity contribution in [3.63, 3.8) is 0 Å². The SMILES string of the molecule is CC(C)(CN)NC(=O)c1ccc(OCc2ccccc2)cc1.Cl. The van der Waals surface area contributed by atoms with Gasteiger partial charge in [-0.15, -0.1) is 12.4 Å². The molecule has 3 N–H and O–H groups in total. The van der Waals surface area contributed by atoms with Gasteiger partial charge in [0.05, 0.1) is 0 Å². The number of carbonyl (C=O) groups is 1. The van der Waals surface area contributed by atoms with E-state index in [9.17, 15) is 4.79 Å². The molecule has 0 atom stereocenters. The maximum atomic E-state index is 12.1. The lowest BCUT2D eigenvalue weighted by Crippen LogP contribution is -2.48. The van der Waals surface area contributed by atoms with E-state index in [2.05, 4.69) is 5.32 Å². The predicted molar refractivity (Wildman–Crippen MR) is 95.1 cm³/mol. The van der Waals surface area contributed by atoms with E-state index in [4.69, 9.17) is 10.5 Å². The Morgan fingerprint density at radius 3 is 2.26 bits per heavy atom. The van der Waals surface area contributed by atoms with E-state index in [0.717, 1.165) is 11.3 Å². The zero-order valence-corrected chi connectivity index (χ0v) is 14.2. The van der Waals surface area contributed by atoms with E-state index in [0.29, 0.717) is 18.7 Å². The van der Waals surface area contributed by atoms with Crippen LogP contribution in [0, 0.1) is 0 Å². The molecule has 0 aromatic heterocycles. The second kappa shape index (κ2) is 8.56. The first-order valence-corrected chi connectivity index (χ1v) is 7.29. The molecule has 23 heavy (non-hydrogen) atoms. The van der Waals surface area contributed by atoms with Gasteiger partial charge in [-0.1, -0.05) is 30.3 Å². The molecular weight excluding hydrogens is 312 g/mol. The molecule has 124 valence electrons. The molecule has 0 saturated heterocycles. The van der Waals surface area contributed by atoms with Gasteiger partial charge in [-0.3, -0.25) is 4.79 Å². The number of amides is 1. The Kier molecular flexibility index (Phi) is 7.07. The lowest BCUT2D eigenvalue weighted by atomic mass is 10.1. The minimum Gasteiger partial charge on any atom is -0.489 e. The standard InChI is InChI=1S/C18H22N2O2.ClH/c1-18(2,13-19)20-17(21)15-8-10-16(11-9-15)22-12-14-6-4-3-5-7-14;/h3-11H,12-13,19H2,1-2H3,(H,20,21);1H. The number of ether oxygens (including phenoxy) is 1. The van der Waals surface area contributed by atoms with Crippen molar-refractivity contribution in [2.24, 2.45) is 5.73 Å². The first kappa shape index (κ1) is 19.0. The molecule has 4 nitrogen and oxygen atoms in total. The van der Waals surface area contributed by atoms with Crippen LogP contribution in [0.3, 0.4) is 0 Å². The number of nitrogens with one attached hydrogen (secondary N) is 1. The number of rotatable bonds is 6. The minimum atomic E-state index is -0.417. The summed E-state index contributed by atoms with van der Waals surface area (Å²) in [5, 5.41) is 2.89. The fraction of sp³-hybridized carbons (Fsp3) is 0.278. The number of nitrogens with two attached hydrogens (primary N) is 1. The molecular formula is C18H23ClN2O2. The monoisotopic (exact) mass is 334 g/mol. The number of benzene rings is 2. The zero-order chi connectivity index (χ0) is 16.0. The highest BCUT2D eigenvalue weighted by molar-refractivity contribution is 5.94. The molecule has 2 aromatic carbocycles. The molecule has 0 spiro atoms.